The van der Waals surface area contributed by atoms with Gasteiger partial charge < -0.3 is 20.1 Å². The zero-order valence-electron chi connectivity index (χ0n) is 15.2. The average Bonchev–Trinajstić information content (AvgIpc) is 2.53. The van der Waals surface area contributed by atoms with Crippen molar-refractivity contribution in [2.24, 2.45) is 0 Å². The second-order valence-electron chi connectivity index (χ2n) is 7.52. The predicted molar refractivity (Wildman–Crippen MR) is 95.0 cm³/mol. The molecule has 0 radical (unpaired) electrons. The molecule has 0 aromatic heterocycles. The molecular weight excluding hydrogens is 304 g/mol. The van der Waals surface area contributed by atoms with Crippen molar-refractivity contribution in [3.8, 4) is 0 Å². The summed E-state index contributed by atoms with van der Waals surface area (Å²) in [7, 11) is 0. The van der Waals surface area contributed by atoms with Crippen molar-refractivity contribution < 1.29 is 14.3 Å². The number of amides is 1. The van der Waals surface area contributed by atoms with Crippen LogP contribution in [-0.2, 0) is 9.47 Å². The predicted octanol–water partition coefficient (Wildman–Crippen LogP) is 3.41. The van der Waals surface area contributed by atoms with E-state index in [1.165, 1.54) is 5.56 Å². The fraction of sp³-hybridized carbons (Fsp3) is 0.632. The molecule has 0 spiro atoms. The number of alkyl carbamates (subject to hydrolysis) is 1. The van der Waals surface area contributed by atoms with Gasteiger partial charge in [-0.3, -0.25) is 0 Å². The first-order valence-electron chi connectivity index (χ1n) is 8.67. The molecule has 1 amide bonds. The van der Waals surface area contributed by atoms with Crippen LogP contribution in [0.3, 0.4) is 0 Å². The molecule has 1 atom stereocenters. The highest BCUT2D eigenvalue weighted by Crippen LogP contribution is 2.25. The molecule has 5 heteroatoms. The number of ether oxygens (including phenoxy) is 2. The van der Waals surface area contributed by atoms with Gasteiger partial charge in [0.05, 0.1) is 0 Å². The van der Waals surface area contributed by atoms with E-state index in [9.17, 15) is 4.79 Å². The highest BCUT2D eigenvalue weighted by atomic mass is 16.6. The van der Waals surface area contributed by atoms with E-state index in [2.05, 4.69) is 29.7 Å². The highest BCUT2D eigenvalue weighted by Gasteiger charge is 2.34. The van der Waals surface area contributed by atoms with Crippen molar-refractivity contribution in [1.82, 2.24) is 10.6 Å². The molecule has 1 fully saturated rings. The molecule has 0 aliphatic carbocycles. The maximum Gasteiger partial charge on any atom is 0.407 e. The Morgan fingerprint density at radius 2 is 1.88 bits per heavy atom. The molecule has 1 saturated heterocycles. The SMILES string of the molecule is C[C@@H](NC1(CNC(=O)OC(C)(C)C)CCOCC1)c1ccccc1. The van der Waals surface area contributed by atoms with Gasteiger partial charge in [-0.05, 0) is 46.1 Å². The number of nitrogens with one attached hydrogen (secondary N) is 2. The lowest BCUT2D eigenvalue weighted by Crippen LogP contribution is -2.57. The molecular formula is C19H30N2O3. The van der Waals surface area contributed by atoms with Crippen molar-refractivity contribution in [3.05, 3.63) is 35.9 Å². The minimum atomic E-state index is -0.488. The van der Waals surface area contributed by atoms with Gasteiger partial charge in [0.25, 0.3) is 0 Å². The quantitative estimate of drug-likeness (QED) is 0.866. The van der Waals surface area contributed by atoms with Crippen LogP contribution >= 0.6 is 0 Å². The van der Waals surface area contributed by atoms with E-state index in [4.69, 9.17) is 9.47 Å². The van der Waals surface area contributed by atoms with Crippen LogP contribution in [-0.4, -0.2) is 37.0 Å². The number of rotatable bonds is 5. The van der Waals surface area contributed by atoms with E-state index in [0.29, 0.717) is 19.8 Å². The molecule has 1 aliphatic heterocycles. The summed E-state index contributed by atoms with van der Waals surface area (Å²) >= 11 is 0. The van der Waals surface area contributed by atoms with Gasteiger partial charge in [-0.1, -0.05) is 30.3 Å². The van der Waals surface area contributed by atoms with E-state index < -0.39 is 5.60 Å². The second-order valence-corrected chi connectivity index (χ2v) is 7.52. The third kappa shape index (κ3) is 5.80. The molecule has 1 aliphatic rings. The van der Waals surface area contributed by atoms with Crippen LogP contribution in [0.5, 0.6) is 0 Å². The van der Waals surface area contributed by atoms with Crippen molar-refractivity contribution >= 4 is 6.09 Å². The van der Waals surface area contributed by atoms with Gasteiger partial charge in [0, 0.05) is 31.3 Å². The van der Waals surface area contributed by atoms with Gasteiger partial charge in [0.1, 0.15) is 5.60 Å². The van der Waals surface area contributed by atoms with Crippen LogP contribution in [0, 0.1) is 0 Å². The molecule has 0 unspecified atom stereocenters. The Bertz CT molecular complexity index is 519. The Morgan fingerprint density at radius 1 is 1.25 bits per heavy atom. The number of carbonyl (C=O) groups is 1. The molecule has 1 aromatic rings. The summed E-state index contributed by atoms with van der Waals surface area (Å²) in [6.45, 7) is 9.68. The van der Waals surface area contributed by atoms with Gasteiger partial charge in [0.15, 0.2) is 0 Å². The van der Waals surface area contributed by atoms with Crippen molar-refractivity contribution in [2.75, 3.05) is 19.8 Å². The molecule has 2 N–H and O–H groups in total. The number of benzene rings is 1. The van der Waals surface area contributed by atoms with Crippen LogP contribution < -0.4 is 10.6 Å². The first kappa shape index (κ1) is 18.7. The summed E-state index contributed by atoms with van der Waals surface area (Å²) in [6, 6.07) is 10.5. The van der Waals surface area contributed by atoms with Crippen LogP contribution in [0.15, 0.2) is 30.3 Å². The first-order valence-corrected chi connectivity index (χ1v) is 8.67. The average molecular weight is 334 g/mol. The van der Waals surface area contributed by atoms with E-state index >= 15 is 0 Å². The monoisotopic (exact) mass is 334 g/mol. The minimum Gasteiger partial charge on any atom is -0.444 e. The summed E-state index contributed by atoms with van der Waals surface area (Å²) in [5.74, 6) is 0. The topological polar surface area (TPSA) is 59.6 Å². The summed E-state index contributed by atoms with van der Waals surface area (Å²) in [4.78, 5) is 12.0. The number of carbonyl (C=O) groups excluding carboxylic acids is 1. The largest absolute Gasteiger partial charge is 0.444 e. The Labute approximate surface area is 145 Å². The molecule has 0 bridgehead atoms. The summed E-state index contributed by atoms with van der Waals surface area (Å²) in [5, 5.41) is 6.64. The minimum absolute atomic E-state index is 0.176. The van der Waals surface area contributed by atoms with Gasteiger partial charge in [0.2, 0.25) is 0 Å². The van der Waals surface area contributed by atoms with Gasteiger partial charge in [-0.2, -0.15) is 0 Å². The number of hydrogen-bond acceptors (Lipinski definition) is 4. The van der Waals surface area contributed by atoms with E-state index in [1.807, 2.05) is 39.0 Å². The standard InChI is InChI=1S/C19H30N2O3/c1-15(16-8-6-5-7-9-16)21-19(10-12-23-13-11-19)14-20-17(22)24-18(2,3)4/h5-9,15,21H,10-14H2,1-4H3,(H,20,22)/t15-/m1/s1. The van der Waals surface area contributed by atoms with Crippen LogP contribution in [0.25, 0.3) is 0 Å². The van der Waals surface area contributed by atoms with Gasteiger partial charge in [-0.25, -0.2) is 4.79 Å². The lowest BCUT2D eigenvalue weighted by Gasteiger charge is -2.40. The molecule has 1 aromatic carbocycles. The highest BCUT2D eigenvalue weighted by molar-refractivity contribution is 5.67. The maximum absolute atomic E-state index is 12.0. The van der Waals surface area contributed by atoms with E-state index in [-0.39, 0.29) is 17.7 Å². The molecule has 1 heterocycles. The maximum atomic E-state index is 12.0. The normalized spacial score (nSPS) is 18.7. The van der Waals surface area contributed by atoms with Crippen molar-refractivity contribution in [3.63, 3.8) is 0 Å². The molecule has 5 nitrogen and oxygen atoms in total. The van der Waals surface area contributed by atoms with Crippen molar-refractivity contribution in [2.45, 2.75) is 57.7 Å². The Morgan fingerprint density at radius 3 is 2.46 bits per heavy atom. The third-order valence-corrected chi connectivity index (χ3v) is 4.24. The Balaban J connectivity index is 1.99. The summed E-state index contributed by atoms with van der Waals surface area (Å²) < 4.78 is 10.9. The summed E-state index contributed by atoms with van der Waals surface area (Å²) in [6.07, 6.45) is 1.35. The fourth-order valence-electron chi connectivity index (χ4n) is 2.97. The van der Waals surface area contributed by atoms with Gasteiger partial charge >= 0.3 is 6.09 Å². The zero-order chi connectivity index (χ0) is 17.6. The molecule has 2 rings (SSSR count). The number of hydrogen-bond donors (Lipinski definition) is 2. The lowest BCUT2D eigenvalue weighted by molar-refractivity contribution is 0.0261. The van der Waals surface area contributed by atoms with E-state index in [0.717, 1.165) is 12.8 Å². The van der Waals surface area contributed by atoms with Crippen molar-refractivity contribution in [1.29, 1.82) is 0 Å². The van der Waals surface area contributed by atoms with Crippen LogP contribution in [0.1, 0.15) is 52.1 Å². The molecule has 134 valence electrons. The van der Waals surface area contributed by atoms with Gasteiger partial charge in [-0.15, -0.1) is 0 Å². The Kier molecular flexibility index (Phi) is 6.24. The van der Waals surface area contributed by atoms with Crippen LogP contribution in [0.4, 0.5) is 4.79 Å². The first-order chi connectivity index (χ1) is 11.3. The lowest BCUT2D eigenvalue weighted by atomic mass is 9.88. The molecule has 0 saturated carbocycles. The fourth-order valence-corrected chi connectivity index (χ4v) is 2.97. The second kappa shape index (κ2) is 7.99. The Hall–Kier alpha value is -1.59. The zero-order valence-corrected chi connectivity index (χ0v) is 15.2. The van der Waals surface area contributed by atoms with Crippen LogP contribution in [0.2, 0.25) is 0 Å². The van der Waals surface area contributed by atoms with E-state index in [1.54, 1.807) is 0 Å². The summed E-state index contributed by atoms with van der Waals surface area (Å²) in [5.41, 5.74) is 0.572. The molecule has 24 heavy (non-hydrogen) atoms. The third-order valence-electron chi connectivity index (χ3n) is 4.24. The smallest absolute Gasteiger partial charge is 0.407 e.